The number of alkyl halides is 3. The van der Waals surface area contributed by atoms with Crippen LogP contribution in [-0.2, 0) is 17.9 Å². The van der Waals surface area contributed by atoms with Gasteiger partial charge in [0.1, 0.15) is 5.75 Å². The molecule has 0 saturated carbocycles. The van der Waals surface area contributed by atoms with E-state index in [1.165, 1.54) is 12.0 Å². The van der Waals surface area contributed by atoms with Crippen molar-refractivity contribution in [3.8, 4) is 5.75 Å². The summed E-state index contributed by atoms with van der Waals surface area (Å²) in [4.78, 5) is 17.7. The number of hydrogen-bond acceptors (Lipinski definition) is 3. The van der Waals surface area contributed by atoms with E-state index in [1.54, 1.807) is 48.8 Å². The van der Waals surface area contributed by atoms with Gasteiger partial charge >= 0.3 is 6.18 Å². The van der Waals surface area contributed by atoms with Gasteiger partial charge in [-0.3, -0.25) is 9.78 Å². The first-order valence-corrected chi connectivity index (χ1v) is 7.74. The Bertz CT molecular complexity index is 690. The Morgan fingerprint density at radius 2 is 1.92 bits per heavy atom. The molecule has 0 spiro atoms. The number of carbonyl (C=O) groups is 1. The number of halogens is 3. The van der Waals surface area contributed by atoms with Gasteiger partial charge in [0.05, 0.1) is 13.5 Å². The summed E-state index contributed by atoms with van der Waals surface area (Å²) >= 11 is 0. The SMILES string of the molecule is COc1ccccc1CN(Cc1cccnc1)C(=O)CCC(F)(F)F. The maximum absolute atomic E-state index is 12.5. The molecule has 0 aliphatic heterocycles. The van der Waals surface area contributed by atoms with Crippen LogP contribution >= 0.6 is 0 Å². The molecule has 0 saturated heterocycles. The number of ether oxygens (including phenoxy) is 1. The van der Waals surface area contributed by atoms with E-state index in [4.69, 9.17) is 4.74 Å². The largest absolute Gasteiger partial charge is 0.496 e. The summed E-state index contributed by atoms with van der Waals surface area (Å²) in [5.74, 6) is 0.0226. The van der Waals surface area contributed by atoms with Crippen LogP contribution < -0.4 is 4.74 Å². The fourth-order valence-electron chi connectivity index (χ4n) is 2.39. The Hall–Kier alpha value is -2.57. The monoisotopic (exact) mass is 352 g/mol. The molecule has 4 nitrogen and oxygen atoms in total. The number of hydrogen-bond donors (Lipinski definition) is 0. The van der Waals surface area contributed by atoms with Crippen LogP contribution in [-0.4, -0.2) is 29.1 Å². The van der Waals surface area contributed by atoms with Gasteiger partial charge in [0.25, 0.3) is 0 Å². The molecule has 7 heteroatoms. The highest BCUT2D eigenvalue weighted by Crippen LogP contribution is 2.24. The molecule has 0 bridgehead atoms. The molecule has 0 N–H and O–H groups in total. The number of carbonyl (C=O) groups excluding carboxylic acids is 1. The lowest BCUT2D eigenvalue weighted by Crippen LogP contribution is -2.31. The van der Waals surface area contributed by atoms with Crippen molar-refractivity contribution in [2.24, 2.45) is 0 Å². The van der Waals surface area contributed by atoms with Gasteiger partial charge in [0, 0.05) is 37.5 Å². The lowest BCUT2D eigenvalue weighted by atomic mass is 10.1. The van der Waals surface area contributed by atoms with Crippen molar-refractivity contribution < 1.29 is 22.7 Å². The zero-order valence-corrected chi connectivity index (χ0v) is 13.8. The number of amides is 1. The lowest BCUT2D eigenvalue weighted by molar-refractivity contribution is -0.149. The first-order valence-electron chi connectivity index (χ1n) is 7.74. The van der Waals surface area contributed by atoms with E-state index >= 15 is 0 Å². The standard InChI is InChI=1S/C18H19F3N2O2/c1-25-16-7-3-2-6-15(16)13-23(12-14-5-4-10-22-11-14)17(24)8-9-18(19,20)21/h2-7,10-11H,8-9,12-13H2,1H3. The number of benzene rings is 1. The smallest absolute Gasteiger partial charge is 0.389 e. The highest BCUT2D eigenvalue weighted by atomic mass is 19.4. The molecule has 134 valence electrons. The van der Waals surface area contributed by atoms with E-state index in [2.05, 4.69) is 4.98 Å². The molecule has 0 aliphatic carbocycles. The number of methoxy groups -OCH3 is 1. The average molecular weight is 352 g/mol. The van der Waals surface area contributed by atoms with Crippen LogP contribution in [0.5, 0.6) is 5.75 Å². The fourth-order valence-corrected chi connectivity index (χ4v) is 2.39. The van der Waals surface area contributed by atoms with Crippen LogP contribution in [0.3, 0.4) is 0 Å². The van der Waals surface area contributed by atoms with Crippen LogP contribution in [0.2, 0.25) is 0 Å². The predicted octanol–water partition coefficient (Wildman–Crippen LogP) is 3.96. The summed E-state index contributed by atoms with van der Waals surface area (Å²) in [6, 6.07) is 10.6. The zero-order valence-electron chi connectivity index (χ0n) is 13.8. The Morgan fingerprint density at radius 3 is 2.56 bits per heavy atom. The number of pyridine rings is 1. The van der Waals surface area contributed by atoms with Crippen LogP contribution in [0.4, 0.5) is 13.2 Å². The molecule has 0 fully saturated rings. The first kappa shape index (κ1) is 18.8. The first-order chi connectivity index (χ1) is 11.9. The molecule has 1 aromatic carbocycles. The third kappa shape index (κ3) is 6.10. The molecule has 1 heterocycles. The van der Waals surface area contributed by atoms with Gasteiger partial charge in [-0.15, -0.1) is 0 Å². The van der Waals surface area contributed by atoms with E-state index < -0.39 is 24.9 Å². The third-order valence-electron chi connectivity index (χ3n) is 3.62. The quantitative estimate of drug-likeness (QED) is 0.757. The number of aromatic nitrogens is 1. The van der Waals surface area contributed by atoms with Crippen LogP contribution in [0.25, 0.3) is 0 Å². The van der Waals surface area contributed by atoms with Crippen molar-refractivity contribution in [3.63, 3.8) is 0 Å². The van der Waals surface area contributed by atoms with Gasteiger partial charge in [0.15, 0.2) is 0 Å². The summed E-state index contributed by atoms with van der Waals surface area (Å²) in [6.45, 7) is 0.345. The topological polar surface area (TPSA) is 42.4 Å². The summed E-state index contributed by atoms with van der Waals surface area (Å²) in [7, 11) is 1.51. The molecule has 25 heavy (non-hydrogen) atoms. The Kier molecular flexibility index (Phi) is 6.38. The highest BCUT2D eigenvalue weighted by molar-refractivity contribution is 5.76. The van der Waals surface area contributed by atoms with Crippen LogP contribution in [0.15, 0.2) is 48.8 Å². The molecular formula is C18H19F3N2O2. The van der Waals surface area contributed by atoms with E-state index in [-0.39, 0.29) is 13.1 Å². The summed E-state index contributed by atoms with van der Waals surface area (Å²) in [5, 5.41) is 0. The predicted molar refractivity (Wildman–Crippen MR) is 86.8 cm³/mol. The second-order valence-corrected chi connectivity index (χ2v) is 5.54. The van der Waals surface area contributed by atoms with Gasteiger partial charge in [-0.25, -0.2) is 0 Å². The molecule has 0 radical (unpaired) electrons. The van der Waals surface area contributed by atoms with E-state index in [1.807, 2.05) is 0 Å². The fraction of sp³-hybridized carbons (Fsp3) is 0.333. The van der Waals surface area contributed by atoms with E-state index in [0.717, 1.165) is 11.1 Å². The van der Waals surface area contributed by atoms with Gasteiger partial charge in [-0.2, -0.15) is 13.2 Å². The van der Waals surface area contributed by atoms with Crippen LogP contribution in [0, 0.1) is 0 Å². The number of nitrogens with zero attached hydrogens (tertiary/aromatic N) is 2. The minimum atomic E-state index is -4.36. The average Bonchev–Trinajstić information content (AvgIpc) is 2.60. The van der Waals surface area contributed by atoms with Crippen molar-refractivity contribution in [1.82, 2.24) is 9.88 Å². The molecule has 2 aromatic rings. The highest BCUT2D eigenvalue weighted by Gasteiger charge is 2.29. The minimum absolute atomic E-state index is 0.162. The van der Waals surface area contributed by atoms with Crippen LogP contribution in [0.1, 0.15) is 24.0 Å². The Labute approximate surface area is 144 Å². The van der Waals surface area contributed by atoms with E-state index in [9.17, 15) is 18.0 Å². The third-order valence-corrected chi connectivity index (χ3v) is 3.62. The van der Waals surface area contributed by atoms with E-state index in [0.29, 0.717) is 5.75 Å². The molecule has 0 aliphatic rings. The van der Waals surface area contributed by atoms with Crippen molar-refractivity contribution >= 4 is 5.91 Å². The normalized spacial score (nSPS) is 11.2. The number of para-hydroxylation sites is 1. The Morgan fingerprint density at radius 1 is 1.16 bits per heavy atom. The molecular weight excluding hydrogens is 333 g/mol. The molecule has 0 atom stereocenters. The second kappa shape index (κ2) is 8.50. The summed E-state index contributed by atoms with van der Waals surface area (Å²) in [6.07, 6.45) is -2.90. The van der Waals surface area contributed by atoms with Gasteiger partial charge in [0.2, 0.25) is 5.91 Å². The molecule has 2 rings (SSSR count). The lowest BCUT2D eigenvalue weighted by Gasteiger charge is -2.24. The molecule has 0 unspecified atom stereocenters. The summed E-state index contributed by atoms with van der Waals surface area (Å²) in [5.41, 5.74) is 1.48. The maximum Gasteiger partial charge on any atom is 0.389 e. The van der Waals surface area contributed by atoms with Crippen molar-refractivity contribution in [2.75, 3.05) is 7.11 Å². The summed E-state index contributed by atoms with van der Waals surface area (Å²) < 4.78 is 42.6. The van der Waals surface area contributed by atoms with Gasteiger partial charge < -0.3 is 9.64 Å². The van der Waals surface area contributed by atoms with Crippen molar-refractivity contribution in [2.45, 2.75) is 32.1 Å². The maximum atomic E-state index is 12.5. The molecule has 1 amide bonds. The second-order valence-electron chi connectivity index (χ2n) is 5.54. The van der Waals surface area contributed by atoms with Crippen molar-refractivity contribution in [1.29, 1.82) is 0 Å². The van der Waals surface area contributed by atoms with Crippen molar-refractivity contribution in [3.05, 3.63) is 59.9 Å². The van der Waals surface area contributed by atoms with Gasteiger partial charge in [-0.1, -0.05) is 24.3 Å². The minimum Gasteiger partial charge on any atom is -0.496 e. The van der Waals surface area contributed by atoms with Gasteiger partial charge in [-0.05, 0) is 17.7 Å². The number of rotatable bonds is 7. The Balaban J connectivity index is 2.17. The zero-order chi connectivity index (χ0) is 18.3. The molecule has 1 aromatic heterocycles.